The SMILES string of the molecule is CC(CO)CCc1c(F)ccc(Br)c1F. The Labute approximate surface area is 96.2 Å². The van der Waals surface area contributed by atoms with Crippen LogP contribution in [0, 0.1) is 17.6 Å². The quantitative estimate of drug-likeness (QED) is 0.838. The first-order chi connectivity index (χ1) is 7.06. The molecular formula is C11H13BrF2O. The zero-order chi connectivity index (χ0) is 11.4. The minimum Gasteiger partial charge on any atom is -0.396 e. The molecule has 0 spiro atoms. The molecule has 1 nitrogen and oxygen atoms in total. The summed E-state index contributed by atoms with van der Waals surface area (Å²) in [4.78, 5) is 0. The Morgan fingerprint density at radius 2 is 2.07 bits per heavy atom. The first kappa shape index (κ1) is 12.6. The normalized spacial score (nSPS) is 12.9. The minimum atomic E-state index is -0.542. The number of hydrogen-bond donors (Lipinski definition) is 1. The molecule has 0 aromatic heterocycles. The fourth-order valence-electron chi connectivity index (χ4n) is 1.28. The zero-order valence-corrected chi connectivity index (χ0v) is 10.0. The predicted molar refractivity (Wildman–Crippen MR) is 58.6 cm³/mol. The van der Waals surface area contributed by atoms with Crippen molar-refractivity contribution < 1.29 is 13.9 Å². The van der Waals surface area contributed by atoms with Gasteiger partial charge in [-0.1, -0.05) is 6.92 Å². The van der Waals surface area contributed by atoms with E-state index in [0.717, 1.165) is 0 Å². The molecule has 4 heteroatoms. The summed E-state index contributed by atoms with van der Waals surface area (Å²) in [5.41, 5.74) is 0.0877. The Balaban J connectivity index is 2.80. The van der Waals surface area contributed by atoms with Crippen molar-refractivity contribution in [1.29, 1.82) is 0 Å². The van der Waals surface area contributed by atoms with Gasteiger partial charge in [-0.05, 0) is 46.8 Å². The van der Waals surface area contributed by atoms with E-state index in [2.05, 4.69) is 15.9 Å². The van der Waals surface area contributed by atoms with Gasteiger partial charge in [-0.3, -0.25) is 0 Å². The summed E-state index contributed by atoms with van der Waals surface area (Å²) in [7, 11) is 0. The van der Waals surface area contributed by atoms with Crippen LogP contribution in [0.4, 0.5) is 8.78 Å². The first-order valence-electron chi connectivity index (χ1n) is 4.79. The summed E-state index contributed by atoms with van der Waals surface area (Å²) < 4.78 is 27.0. The van der Waals surface area contributed by atoms with Crippen LogP contribution in [0.5, 0.6) is 0 Å². The maximum Gasteiger partial charge on any atom is 0.143 e. The fraction of sp³-hybridized carbons (Fsp3) is 0.455. The van der Waals surface area contributed by atoms with Crippen molar-refractivity contribution in [2.75, 3.05) is 6.61 Å². The molecule has 0 aliphatic heterocycles. The van der Waals surface area contributed by atoms with Gasteiger partial charge in [0.25, 0.3) is 0 Å². The maximum absolute atomic E-state index is 13.5. The van der Waals surface area contributed by atoms with Crippen molar-refractivity contribution in [3.05, 3.63) is 33.8 Å². The highest BCUT2D eigenvalue weighted by molar-refractivity contribution is 9.10. The number of benzene rings is 1. The van der Waals surface area contributed by atoms with E-state index in [9.17, 15) is 8.78 Å². The summed E-state index contributed by atoms with van der Waals surface area (Å²) in [5.74, 6) is -1.01. The van der Waals surface area contributed by atoms with Gasteiger partial charge < -0.3 is 5.11 Å². The predicted octanol–water partition coefficient (Wildman–Crippen LogP) is 3.29. The highest BCUT2D eigenvalue weighted by atomic mass is 79.9. The molecule has 1 aromatic rings. The summed E-state index contributed by atoms with van der Waals surface area (Å²) in [6.07, 6.45) is 0.875. The second-order valence-corrected chi connectivity index (χ2v) is 4.50. The molecule has 0 fully saturated rings. The third-order valence-corrected chi connectivity index (χ3v) is 2.95. The van der Waals surface area contributed by atoms with Gasteiger partial charge in [0.05, 0.1) is 4.47 Å². The van der Waals surface area contributed by atoms with Crippen molar-refractivity contribution in [3.8, 4) is 0 Å². The van der Waals surface area contributed by atoms with E-state index in [-0.39, 0.29) is 22.6 Å². The Bertz CT molecular complexity index is 342. The van der Waals surface area contributed by atoms with E-state index in [4.69, 9.17) is 5.11 Å². The van der Waals surface area contributed by atoms with Gasteiger partial charge in [0.15, 0.2) is 0 Å². The van der Waals surface area contributed by atoms with Crippen LogP contribution in [0.3, 0.4) is 0 Å². The molecule has 0 saturated carbocycles. The van der Waals surface area contributed by atoms with Gasteiger partial charge in [-0.25, -0.2) is 8.78 Å². The second kappa shape index (κ2) is 5.56. The van der Waals surface area contributed by atoms with Crippen molar-refractivity contribution in [1.82, 2.24) is 0 Å². The van der Waals surface area contributed by atoms with Gasteiger partial charge in [-0.15, -0.1) is 0 Å². The van der Waals surface area contributed by atoms with Crippen molar-refractivity contribution in [2.45, 2.75) is 19.8 Å². The smallest absolute Gasteiger partial charge is 0.143 e. The minimum absolute atomic E-state index is 0.0389. The standard InChI is InChI=1S/C11H13BrF2O/c1-7(6-15)2-3-8-10(13)5-4-9(12)11(8)14/h4-5,7,15H,2-3,6H2,1H3. The van der Waals surface area contributed by atoms with Crippen molar-refractivity contribution in [3.63, 3.8) is 0 Å². The molecule has 84 valence electrons. The van der Waals surface area contributed by atoms with Gasteiger partial charge in [0.1, 0.15) is 11.6 Å². The lowest BCUT2D eigenvalue weighted by Crippen LogP contribution is -2.05. The number of halogens is 3. The van der Waals surface area contributed by atoms with E-state index < -0.39 is 11.6 Å². The molecule has 0 aliphatic carbocycles. The van der Waals surface area contributed by atoms with Crippen LogP contribution in [0.25, 0.3) is 0 Å². The second-order valence-electron chi connectivity index (χ2n) is 3.65. The number of hydrogen-bond acceptors (Lipinski definition) is 1. The average Bonchev–Trinajstić information content (AvgIpc) is 2.23. The Kier molecular flexibility index (Phi) is 4.67. The first-order valence-corrected chi connectivity index (χ1v) is 5.58. The van der Waals surface area contributed by atoms with E-state index in [1.165, 1.54) is 12.1 Å². The van der Waals surface area contributed by atoms with Crippen molar-refractivity contribution >= 4 is 15.9 Å². The molecule has 0 heterocycles. The number of aliphatic hydroxyl groups is 1. The Hall–Kier alpha value is -0.480. The summed E-state index contributed by atoms with van der Waals surface area (Å²) in [6, 6.07) is 2.59. The molecule has 0 saturated heterocycles. The lowest BCUT2D eigenvalue weighted by molar-refractivity contribution is 0.230. The summed E-state index contributed by atoms with van der Waals surface area (Å²) in [5, 5.41) is 8.81. The van der Waals surface area contributed by atoms with Crippen LogP contribution in [0.1, 0.15) is 18.9 Å². The fourth-order valence-corrected chi connectivity index (χ4v) is 1.65. The van der Waals surface area contributed by atoms with Crippen LogP contribution in [-0.4, -0.2) is 11.7 Å². The van der Waals surface area contributed by atoms with Crippen LogP contribution in [-0.2, 0) is 6.42 Å². The molecule has 0 amide bonds. The lowest BCUT2D eigenvalue weighted by atomic mass is 10.0. The maximum atomic E-state index is 13.5. The van der Waals surface area contributed by atoms with Gasteiger partial charge in [-0.2, -0.15) is 0 Å². The molecular weight excluding hydrogens is 266 g/mol. The average molecular weight is 279 g/mol. The number of rotatable bonds is 4. The molecule has 1 N–H and O–H groups in total. The third-order valence-electron chi connectivity index (χ3n) is 2.34. The lowest BCUT2D eigenvalue weighted by Gasteiger charge is -2.09. The monoisotopic (exact) mass is 278 g/mol. The van der Waals surface area contributed by atoms with Crippen LogP contribution in [0.2, 0.25) is 0 Å². The van der Waals surface area contributed by atoms with Crippen LogP contribution >= 0.6 is 15.9 Å². The molecule has 0 bridgehead atoms. The van der Waals surface area contributed by atoms with Gasteiger partial charge in [0, 0.05) is 12.2 Å². The topological polar surface area (TPSA) is 20.2 Å². The molecule has 1 aromatic carbocycles. The molecule has 15 heavy (non-hydrogen) atoms. The molecule has 0 aliphatic rings. The Morgan fingerprint density at radius 3 is 2.67 bits per heavy atom. The number of aliphatic hydroxyl groups excluding tert-OH is 1. The summed E-state index contributed by atoms with van der Waals surface area (Å²) in [6.45, 7) is 1.88. The van der Waals surface area contributed by atoms with Crippen LogP contribution in [0.15, 0.2) is 16.6 Å². The van der Waals surface area contributed by atoms with E-state index in [0.29, 0.717) is 12.8 Å². The largest absolute Gasteiger partial charge is 0.396 e. The molecule has 1 rings (SSSR count). The van der Waals surface area contributed by atoms with E-state index in [1.54, 1.807) is 0 Å². The highest BCUT2D eigenvalue weighted by Gasteiger charge is 2.13. The molecule has 1 unspecified atom stereocenters. The van der Waals surface area contributed by atoms with E-state index in [1.807, 2.05) is 6.92 Å². The third kappa shape index (κ3) is 3.24. The van der Waals surface area contributed by atoms with Crippen LogP contribution < -0.4 is 0 Å². The molecule has 1 atom stereocenters. The van der Waals surface area contributed by atoms with Crippen molar-refractivity contribution in [2.24, 2.45) is 5.92 Å². The molecule has 0 radical (unpaired) electrons. The van der Waals surface area contributed by atoms with E-state index >= 15 is 0 Å². The highest BCUT2D eigenvalue weighted by Crippen LogP contribution is 2.23. The van der Waals surface area contributed by atoms with Gasteiger partial charge >= 0.3 is 0 Å². The van der Waals surface area contributed by atoms with Gasteiger partial charge in [0.2, 0.25) is 0 Å². The zero-order valence-electron chi connectivity index (χ0n) is 8.43. The Morgan fingerprint density at radius 1 is 1.40 bits per heavy atom. The summed E-state index contributed by atoms with van der Waals surface area (Å²) >= 11 is 3.01.